The third kappa shape index (κ3) is 1.30. The van der Waals surface area contributed by atoms with Crippen LogP contribution in [0.3, 0.4) is 0 Å². The van der Waals surface area contributed by atoms with E-state index in [2.05, 4.69) is 9.97 Å². The van der Waals surface area contributed by atoms with Crippen LogP contribution in [0.5, 0.6) is 0 Å². The van der Waals surface area contributed by atoms with Gasteiger partial charge in [-0.3, -0.25) is 4.79 Å². The van der Waals surface area contributed by atoms with E-state index in [-0.39, 0.29) is 5.56 Å². The molecule has 6 heteroatoms. The molecule has 0 spiro atoms. The molecule has 0 atom stereocenters. The Morgan fingerprint density at radius 1 is 1.67 bits per heavy atom. The molecule has 15 heavy (non-hydrogen) atoms. The van der Waals surface area contributed by atoms with E-state index in [9.17, 15) is 9.59 Å². The van der Waals surface area contributed by atoms with Crippen molar-refractivity contribution >= 4 is 11.7 Å². The largest absolute Gasteiger partial charge is 0.477 e. The second-order valence-electron chi connectivity index (χ2n) is 3.07. The summed E-state index contributed by atoms with van der Waals surface area (Å²) in [6.07, 6.45) is 3.34. The zero-order valence-electron chi connectivity index (χ0n) is 8.02. The molecule has 2 N–H and O–H groups in total. The Balaban J connectivity index is 2.87. The Bertz CT molecular complexity index is 582. The van der Waals surface area contributed by atoms with Crippen LogP contribution in [0.1, 0.15) is 23.0 Å². The molecule has 0 radical (unpaired) electrons. The van der Waals surface area contributed by atoms with E-state index in [1.165, 1.54) is 4.40 Å². The first-order valence-corrected chi connectivity index (χ1v) is 4.46. The third-order valence-electron chi connectivity index (χ3n) is 2.21. The van der Waals surface area contributed by atoms with Gasteiger partial charge >= 0.3 is 5.97 Å². The number of nitrogens with zero attached hydrogens (tertiary/aromatic N) is 2. The van der Waals surface area contributed by atoms with Crippen molar-refractivity contribution in [3.8, 4) is 0 Å². The number of H-pyrrole nitrogens is 1. The summed E-state index contributed by atoms with van der Waals surface area (Å²) < 4.78 is 1.28. The van der Waals surface area contributed by atoms with Gasteiger partial charge in [0.1, 0.15) is 5.56 Å². The molecule has 0 aliphatic carbocycles. The van der Waals surface area contributed by atoms with Gasteiger partial charge in [0, 0.05) is 11.9 Å². The lowest BCUT2D eigenvalue weighted by atomic mass is 10.3. The quantitative estimate of drug-likeness (QED) is 0.740. The molecule has 2 heterocycles. The van der Waals surface area contributed by atoms with Gasteiger partial charge in [0.15, 0.2) is 0 Å². The van der Waals surface area contributed by atoms with Gasteiger partial charge in [-0.15, -0.1) is 0 Å². The van der Waals surface area contributed by atoms with Gasteiger partial charge in [-0.2, -0.15) is 0 Å². The average Bonchev–Trinajstić information content (AvgIpc) is 2.61. The molecule has 0 saturated carbocycles. The molecule has 0 aromatic carbocycles. The highest BCUT2D eigenvalue weighted by Crippen LogP contribution is 2.02. The van der Waals surface area contributed by atoms with Crippen LogP contribution < -0.4 is 5.56 Å². The highest BCUT2D eigenvalue weighted by Gasteiger charge is 2.13. The number of aryl methyl sites for hydroxylation is 1. The maximum Gasteiger partial charge on any atom is 0.342 e. The number of carboxylic acids is 1. The molecule has 0 aliphatic rings. The van der Waals surface area contributed by atoms with E-state index in [1.54, 1.807) is 6.20 Å². The first kappa shape index (κ1) is 9.45. The lowest BCUT2D eigenvalue weighted by molar-refractivity contribution is 0.0694. The molecule has 0 aliphatic heterocycles. The number of carbonyl (C=O) groups is 1. The van der Waals surface area contributed by atoms with Gasteiger partial charge < -0.3 is 10.1 Å². The molecule has 0 amide bonds. The minimum atomic E-state index is -1.26. The molecule has 6 nitrogen and oxygen atoms in total. The molecule has 0 saturated heterocycles. The number of aromatic nitrogens is 3. The molecular formula is C9H9N3O3. The standard InChI is InChI=1S/C9H9N3O3/c1-2-5-3-10-9-11-4-6(8(14)15)7(13)12(5)9/h3-4H,2H2,1H3,(H,10,11)(H,14,15). The molecule has 78 valence electrons. The molecule has 0 unspecified atom stereocenters. The average molecular weight is 207 g/mol. The van der Waals surface area contributed by atoms with Crippen molar-refractivity contribution in [3.05, 3.63) is 34.0 Å². The van der Waals surface area contributed by atoms with Crippen LogP contribution >= 0.6 is 0 Å². The fraction of sp³-hybridized carbons (Fsp3) is 0.222. The summed E-state index contributed by atoms with van der Waals surface area (Å²) in [7, 11) is 0. The highest BCUT2D eigenvalue weighted by molar-refractivity contribution is 5.86. The van der Waals surface area contributed by atoms with Crippen LogP contribution in [0.2, 0.25) is 0 Å². The summed E-state index contributed by atoms with van der Waals surface area (Å²) in [5, 5.41) is 8.76. The van der Waals surface area contributed by atoms with Crippen molar-refractivity contribution in [1.29, 1.82) is 0 Å². The Hall–Kier alpha value is -2.11. The predicted octanol–water partition coefficient (Wildman–Crippen LogP) is 0.283. The molecule has 2 aromatic rings. The van der Waals surface area contributed by atoms with Crippen molar-refractivity contribution < 1.29 is 9.90 Å². The normalized spacial score (nSPS) is 10.7. The number of hydrogen-bond acceptors (Lipinski definition) is 3. The van der Waals surface area contributed by atoms with Crippen LogP contribution in [-0.2, 0) is 6.42 Å². The van der Waals surface area contributed by atoms with Crippen LogP contribution in [-0.4, -0.2) is 25.4 Å². The van der Waals surface area contributed by atoms with Crippen LogP contribution in [0.15, 0.2) is 17.2 Å². The lowest BCUT2D eigenvalue weighted by Crippen LogP contribution is -2.23. The predicted molar refractivity (Wildman–Crippen MR) is 52.2 cm³/mol. The monoisotopic (exact) mass is 207 g/mol. The Morgan fingerprint density at radius 2 is 2.40 bits per heavy atom. The van der Waals surface area contributed by atoms with Gasteiger partial charge in [-0.05, 0) is 6.42 Å². The van der Waals surface area contributed by atoms with E-state index >= 15 is 0 Å². The lowest BCUT2D eigenvalue weighted by Gasteiger charge is -1.98. The maximum atomic E-state index is 11.7. The zero-order chi connectivity index (χ0) is 11.0. The molecule has 0 bridgehead atoms. The number of fused-ring (bicyclic) bond motifs is 1. The number of nitrogens with one attached hydrogen (secondary N) is 1. The highest BCUT2D eigenvalue weighted by atomic mass is 16.4. The Labute approximate surface area is 84.2 Å². The van der Waals surface area contributed by atoms with E-state index in [0.29, 0.717) is 17.9 Å². The van der Waals surface area contributed by atoms with Gasteiger partial charge in [0.05, 0.1) is 6.20 Å². The Kier molecular flexibility index (Phi) is 2.03. The molecule has 0 fully saturated rings. The van der Waals surface area contributed by atoms with Gasteiger partial charge in [-0.25, -0.2) is 14.2 Å². The topological polar surface area (TPSA) is 87.5 Å². The van der Waals surface area contributed by atoms with Crippen molar-refractivity contribution in [2.75, 3.05) is 0 Å². The number of aromatic amines is 1. The number of carboxylic acid groups (broad SMARTS) is 1. The third-order valence-corrected chi connectivity index (χ3v) is 2.21. The van der Waals surface area contributed by atoms with Crippen molar-refractivity contribution in [2.45, 2.75) is 13.3 Å². The number of imidazole rings is 1. The summed E-state index contributed by atoms with van der Waals surface area (Å²) in [6, 6.07) is 0. The molecular weight excluding hydrogens is 198 g/mol. The van der Waals surface area contributed by atoms with Gasteiger partial charge in [0.2, 0.25) is 5.78 Å². The second kappa shape index (κ2) is 3.23. The van der Waals surface area contributed by atoms with Crippen LogP contribution in [0, 0.1) is 0 Å². The zero-order valence-corrected chi connectivity index (χ0v) is 8.02. The summed E-state index contributed by atoms with van der Waals surface area (Å²) in [6.45, 7) is 1.88. The first-order chi connectivity index (χ1) is 7.15. The first-order valence-electron chi connectivity index (χ1n) is 4.46. The van der Waals surface area contributed by atoms with Crippen molar-refractivity contribution in [1.82, 2.24) is 14.4 Å². The van der Waals surface area contributed by atoms with E-state index in [1.807, 2.05) is 6.92 Å². The maximum absolute atomic E-state index is 11.7. The van der Waals surface area contributed by atoms with Crippen molar-refractivity contribution in [3.63, 3.8) is 0 Å². The summed E-state index contributed by atoms with van der Waals surface area (Å²) >= 11 is 0. The second-order valence-corrected chi connectivity index (χ2v) is 3.07. The minimum Gasteiger partial charge on any atom is -0.477 e. The smallest absolute Gasteiger partial charge is 0.342 e. The number of hydrogen-bond donors (Lipinski definition) is 2. The van der Waals surface area contributed by atoms with Crippen molar-refractivity contribution in [2.24, 2.45) is 0 Å². The van der Waals surface area contributed by atoms with Gasteiger partial charge in [-0.1, -0.05) is 6.92 Å². The molecule has 2 rings (SSSR count). The summed E-state index contributed by atoms with van der Waals surface area (Å²) in [5.41, 5.74) is -0.155. The number of rotatable bonds is 2. The van der Waals surface area contributed by atoms with E-state index < -0.39 is 11.5 Å². The summed E-state index contributed by atoms with van der Waals surface area (Å²) in [5.74, 6) is -0.896. The summed E-state index contributed by atoms with van der Waals surface area (Å²) in [4.78, 5) is 29.1. The minimum absolute atomic E-state index is 0.318. The number of aromatic carboxylic acids is 1. The SMILES string of the molecule is CCc1c[nH]c2ncc(C(=O)O)c(=O)n12. The molecule has 2 aromatic heterocycles. The van der Waals surface area contributed by atoms with Crippen LogP contribution in [0.25, 0.3) is 5.78 Å². The van der Waals surface area contributed by atoms with E-state index in [4.69, 9.17) is 5.11 Å². The fourth-order valence-corrected chi connectivity index (χ4v) is 1.44. The fourth-order valence-electron chi connectivity index (χ4n) is 1.44. The van der Waals surface area contributed by atoms with Crippen LogP contribution in [0.4, 0.5) is 0 Å². The van der Waals surface area contributed by atoms with Gasteiger partial charge in [0.25, 0.3) is 5.56 Å². The van der Waals surface area contributed by atoms with E-state index in [0.717, 1.165) is 6.20 Å². The Morgan fingerprint density at radius 3 is 3.00 bits per heavy atom.